The zero-order chi connectivity index (χ0) is 13.0. The highest BCUT2D eigenvalue weighted by Gasteiger charge is 2.21. The minimum Gasteiger partial charge on any atom is -0.478 e. The lowest BCUT2D eigenvalue weighted by Gasteiger charge is -2.22. The Labute approximate surface area is 109 Å². The lowest BCUT2D eigenvalue weighted by atomic mass is 10.1. The third-order valence-corrected chi connectivity index (χ3v) is 3.96. The van der Waals surface area contributed by atoms with Gasteiger partial charge in [-0.2, -0.15) is 11.8 Å². The van der Waals surface area contributed by atoms with Gasteiger partial charge in [0.15, 0.2) is 0 Å². The van der Waals surface area contributed by atoms with E-state index in [4.69, 9.17) is 5.11 Å². The summed E-state index contributed by atoms with van der Waals surface area (Å²) in [6, 6.07) is 3.01. The molecule has 1 aromatic rings. The van der Waals surface area contributed by atoms with Crippen molar-refractivity contribution in [3.05, 3.63) is 29.6 Å². The predicted molar refractivity (Wildman–Crippen MR) is 69.0 cm³/mol. The van der Waals surface area contributed by atoms with Gasteiger partial charge >= 0.3 is 5.97 Å². The second-order valence-corrected chi connectivity index (χ2v) is 5.24. The van der Waals surface area contributed by atoms with Crippen molar-refractivity contribution < 1.29 is 14.7 Å². The van der Waals surface area contributed by atoms with E-state index in [1.54, 1.807) is 11.8 Å². The van der Waals surface area contributed by atoms with Crippen LogP contribution in [0.2, 0.25) is 0 Å². The highest BCUT2D eigenvalue weighted by molar-refractivity contribution is 7.99. The molecule has 0 bridgehead atoms. The summed E-state index contributed by atoms with van der Waals surface area (Å²) in [4.78, 5) is 26.9. The van der Waals surface area contributed by atoms with Gasteiger partial charge in [0.05, 0.1) is 5.56 Å². The lowest BCUT2D eigenvalue weighted by Crippen LogP contribution is -2.39. The van der Waals surface area contributed by atoms with E-state index in [1.165, 1.54) is 18.3 Å². The van der Waals surface area contributed by atoms with Gasteiger partial charge in [0.1, 0.15) is 5.69 Å². The molecule has 1 saturated heterocycles. The van der Waals surface area contributed by atoms with Crippen molar-refractivity contribution in [3.63, 3.8) is 0 Å². The van der Waals surface area contributed by atoms with E-state index >= 15 is 0 Å². The number of thioether (sulfide) groups is 1. The molecule has 18 heavy (non-hydrogen) atoms. The normalized spacial score (nSPS) is 19.2. The highest BCUT2D eigenvalue weighted by atomic mass is 32.2. The Morgan fingerprint density at radius 2 is 2.33 bits per heavy atom. The van der Waals surface area contributed by atoms with E-state index in [-0.39, 0.29) is 17.3 Å². The fourth-order valence-corrected chi connectivity index (χ4v) is 2.94. The first-order chi connectivity index (χ1) is 8.68. The van der Waals surface area contributed by atoms with Gasteiger partial charge in [-0.1, -0.05) is 0 Å². The minimum atomic E-state index is -1.13. The largest absolute Gasteiger partial charge is 0.478 e. The van der Waals surface area contributed by atoms with Crippen molar-refractivity contribution >= 4 is 23.6 Å². The Kier molecular flexibility index (Phi) is 4.19. The van der Waals surface area contributed by atoms with Gasteiger partial charge in [-0.05, 0) is 30.7 Å². The molecule has 1 unspecified atom stereocenters. The van der Waals surface area contributed by atoms with Crippen molar-refractivity contribution in [1.82, 2.24) is 10.3 Å². The Balaban J connectivity index is 2.10. The monoisotopic (exact) mass is 266 g/mol. The average Bonchev–Trinajstić information content (AvgIpc) is 2.40. The molecule has 1 atom stereocenters. The van der Waals surface area contributed by atoms with Crippen LogP contribution in [-0.2, 0) is 0 Å². The van der Waals surface area contributed by atoms with Gasteiger partial charge in [0.25, 0.3) is 5.91 Å². The number of aromatic nitrogens is 1. The molecule has 0 aromatic carbocycles. The van der Waals surface area contributed by atoms with E-state index in [1.807, 2.05) is 0 Å². The number of aromatic carboxylic acids is 1. The van der Waals surface area contributed by atoms with E-state index in [0.717, 1.165) is 24.3 Å². The molecule has 0 radical (unpaired) electrons. The van der Waals surface area contributed by atoms with Gasteiger partial charge in [-0.3, -0.25) is 9.78 Å². The molecule has 6 heteroatoms. The van der Waals surface area contributed by atoms with Crippen molar-refractivity contribution in [2.75, 3.05) is 11.5 Å². The first-order valence-electron chi connectivity index (χ1n) is 5.75. The topological polar surface area (TPSA) is 79.3 Å². The number of carbonyl (C=O) groups excluding carboxylic acids is 1. The second-order valence-electron chi connectivity index (χ2n) is 4.09. The fraction of sp³-hybridized carbons (Fsp3) is 0.417. The Hall–Kier alpha value is -1.56. The summed E-state index contributed by atoms with van der Waals surface area (Å²) in [6.45, 7) is 0. The van der Waals surface area contributed by atoms with Crippen LogP contribution in [0.5, 0.6) is 0 Å². The molecule has 1 amide bonds. The molecule has 1 aliphatic rings. The molecule has 0 aliphatic carbocycles. The average molecular weight is 266 g/mol. The van der Waals surface area contributed by atoms with Crippen molar-refractivity contribution in [3.8, 4) is 0 Å². The molecule has 5 nitrogen and oxygen atoms in total. The van der Waals surface area contributed by atoms with Crippen molar-refractivity contribution in [1.29, 1.82) is 0 Å². The van der Waals surface area contributed by atoms with Gasteiger partial charge in [-0.25, -0.2) is 4.79 Å². The summed E-state index contributed by atoms with van der Waals surface area (Å²) < 4.78 is 0. The van der Waals surface area contributed by atoms with Gasteiger partial charge in [0.2, 0.25) is 0 Å². The van der Waals surface area contributed by atoms with Crippen LogP contribution in [0.15, 0.2) is 18.3 Å². The smallest absolute Gasteiger partial charge is 0.338 e. The van der Waals surface area contributed by atoms with Gasteiger partial charge < -0.3 is 10.4 Å². The molecule has 2 rings (SSSR count). The summed E-state index contributed by atoms with van der Waals surface area (Å²) >= 11 is 1.80. The number of hydrogen-bond donors (Lipinski definition) is 2. The quantitative estimate of drug-likeness (QED) is 0.864. The molecule has 1 fully saturated rings. The minimum absolute atomic E-state index is 0.0134. The Morgan fingerprint density at radius 3 is 3.00 bits per heavy atom. The van der Waals surface area contributed by atoms with Crippen molar-refractivity contribution in [2.24, 2.45) is 0 Å². The predicted octanol–water partition coefficient (Wildman–Crippen LogP) is 1.41. The standard InChI is InChI=1S/C12H14N2O3S/c15-11(14-8-3-2-6-18-7-8)10-9(12(16)17)4-1-5-13-10/h1,4-5,8H,2-3,6-7H2,(H,14,15)(H,16,17). The molecule has 0 saturated carbocycles. The first kappa shape index (κ1) is 12.9. The van der Waals surface area contributed by atoms with Gasteiger partial charge in [-0.15, -0.1) is 0 Å². The summed E-state index contributed by atoms with van der Waals surface area (Å²) in [5.41, 5.74) is -0.0703. The number of pyridine rings is 1. The number of carboxylic acid groups (broad SMARTS) is 1. The van der Waals surface area contributed by atoms with Gasteiger partial charge in [0, 0.05) is 18.0 Å². The molecule has 0 spiro atoms. The van der Waals surface area contributed by atoms with Crippen LogP contribution in [0.4, 0.5) is 0 Å². The number of nitrogens with one attached hydrogen (secondary N) is 1. The summed E-state index contributed by atoms with van der Waals surface area (Å²) in [5, 5.41) is 11.8. The fourth-order valence-electron chi connectivity index (χ4n) is 1.87. The SMILES string of the molecule is O=C(O)c1cccnc1C(=O)NC1CCCSC1. The number of carboxylic acids is 1. The molecule has 1 aromatic heterocycles. The Morgan fingerprint density at radius 1 is 1.50 bits per heavy atom. The second kappa shape index (κ2) is 5.86. The maximum atomic E-state index is 12.0. The molecular weight excluding hydrogens is 252 g/mol. The number of hydrogen-bond acceptors (Lipinski definition) is 4. The maximum Gasteiger partial charge on any atom is 0.338 e. The number of amides is 1. The first-order valence-corrected chi connectivity index (χ1v) is 6.91. The van der Waals surface area contributed by atoms with E-state index < -0.39 is 11.9 Å². The maximum absolute atomic E-state index is 12.0. The van der Waals surface area contributed by atoms with E-state index in [2.05, 4.69) is 10.3 Å². The van der Waals surface area contributed by atoms with E-state index in [9.17, 15) is 9.59 Å². The van der Waals surface area contributed by atoms with Crippen LogP contribution in [0, 0.1) is 0 Å². The van der Waals surface area contributed by atoms with Crippen LogP contribution < -0.4 is 5.32 Å². The molecule has 1 aliphatic heterocycles. The van der Waals surface area contributed by atoms with Crippen LogP contribution >= 0.6 is 11.8 Å². The molecule has 2 heterocycles. The van der Waals surface area contributed by atoms with Crippen LogP contribution in [0.3, 0.4) is 0 Å². The molecular formula is C12H14N2O3S. The molecule has 96 valence electrons. The summed E-state index contributed by atoms with van der Waals surface area (Å²) in [5.74, 6) is 0.462. The Bertz CT molecular complexity index is 458. The lowest BCUT2D eigenvalue weighted by molar-refractivity contribution is 0.0689. The zero-order valence-electron chi connectivity index (χ0n) is 9.76. The summed E-state index contributed by atoms with van der Waals surface area (Å²) in [6.07, 6.45) is 3.44. The number of nitrogens with zero attached hydrogens (tertiary/aromatic N) is 1. The van der Waals surface area contributed by atoms with Crippen LogP contribution in [0.25, 0.3) is 0 Å². The van der Waals surface area contributed by atoms with E-state index in [0.29, 0.717) is 0 Å². The summed E-state index contributed by atoms with van der Waals surface area (Å²) in [7, 11) is 0. The molecule has 2 N–H and O–H groups in total. The number of rotatable bonds is 3. The van der Waals surface area contributed by atoms with Crippen LogP contribution in [0.1, 0.15) is 33.7 Å². The zero-order valence-corrected chi connectivity index (χ0v) is 10.6. The highest BCUT2D eigenvalue weighted by Crippen LogP contribution is 2.17. The van der Waals surface area contributed by atoms with Crippen molar-refractivity contribution in [2.45, 2.75) is 18.9 Å². The van der Waals surface area contributed by atoms with Crippen LogP contribution in [-0.4, -0.2) is 39.5 Å². The third kappa shape index (κ3) is 3.01. The number of carbonyl (C=O) groups is 2. The third-order valence-electron chi connectivity index (χ3n) is 2.75.